The van der Waals surface area contributed by atoms with E-state index in [1.165, 1.54) is 6.07 Å². The molecule has 0 bridgehead atoms. The van der Waals surface area contributed by atoms with Crippen LogP contribution in [0, 0.1) is 6.92 Å². The second-order valence-corrected chi connectivity index (χ2v) is 8.62. The van der Waals surface area contributed by atoms with Crippen LogP contribution in [0.25, 0.3) is 22.2 Å². The number of fused-ring (bicyclic) bond motifs is 1. The third-order valence-electron chi connectivity index (χ3n) is 6.05. The minimum Gasteiger partial charge on any atom is -0.423 e. The molecule has 4 rings (SSSR count). The molecule has 0 unspecified atom stereocenters. The maximum absolute atomic E-state index is 11.7. The molecule has 1 saturated heterocycles. The van der Waals surface area contributed by atoms with Crippen molar-refractivity contribution in [3.8, 4) is 11.3 Å². The van der Waals surface area contributed by atoms with E-state index in [0.717, 1.165) is 100 Å². The Hall–Kier alpha value is -2.59. The maximum atomic E-state index is 11.7. The van der Waals surface area contributed by atoms with Crippen molar-refractivity contribution < 1.29 is 4.42 Å². The molecule has 33 heavy (non-hydrogen) atoms. The van der Waals surface area contributed by atoms with E-state index in [0.29, 0.717) is 5.58 Å². The lowest BCUT2D eigenvalue weighted by Gasteiger charge is -2.23. The van der Waals surface area contributed by atoms with Crippen LogP contribution in [0.3, 0.4) is 0 Å². The summed E-state index contributed by atoms with van der Waals surface area (Å²) in [6, 6.07) is 7.36. The molecule has 0 amide bonds. The van der Waals surface area contributed by atoms with Gasteiger partial charge in [0, 0.05) is 49.7 Å². The molecule has 3 N–H and O–H groups in total. The van der Waals surface area contributed by atoms with Gasteiger partial charge in [-0.2, -0.15) is 0 Å². The second-order valence-electron chi connectivity index (χ2n) is 8.62. The molecule has 0 radical (unpaired) electrons. The SMILES string of the molecule is Cc1cc(=O)oc2cc(-c3cn(CCN4CCCNCCNCCCNCC4)nn3)ccc12. The Labute approximate surface area is 194 Å². The van der Waals surface area contributed by atoms with Crippen LogP contribution in [0.15, 0.2) is 39.7 Å². The summed E-state index contributed by atoms with van der Waals surface area (Å²) in [5.74, 6) is 0. The fourth-order valence-corrected chi connectivity index (χ4v) is 4.16. The van der Waals surface area contributed by atoms with Gasteiger partial charge in [-0.15, -0.1) is 5.10 Å². The van der Waals surface area contributed by atoms with Gasteiger partial charge in [0.1, 0.15) is 11.3 Å². The molecule has 0 spiro atoms. The molecule has 9 heteroatoms. The summed E-state index contributed by atoms with van der Waals surface area (Å²) in [5, 5.41) is 20.2. The van der Waals surface area contributed by atoms with E-state index in [1.54, 1.807) is 0 Å². The van der Waals surface area contributed by atoms with Gasteiger partial charge < -0.3 is 25.3 Å². The highest BCUT2D eigenvalue weighted by atomic mass is 16.4. The van der Waals surface area contributed by atoms with Crippen molar-refractivity contribution in [3.05, 3.63) is 46.4 Å². The molecule has 1 aliphatic heterocycles. The number of rotatable bonds is 4. The Morgan fingerprint density at radius 3 is 2.58 bits per heavy atom. The normalized spacial score (nSPS) is 17.7. The minimum atomic E-state index is -0.334. The smallest absolute Gasteiger partial charge is 0.336 e. The summed E-state index contributed by atoms with van der Waals surface area (Å²) in [6.45, 7) is 11.9. The van der Waals surface area contributed by atoms with E-state index in [9.17, 15) is 4.79 Å². The molecule has 0 saturated carbocycles. The summed E-state index contributed by atoms with van der Waals surface area (Å²) in [5.41, 5.74) is 2.83. The van der Waals surface area contributed by atoms with Gasteiger partial charge in [-0.25, -0.2) is 4.79 Å². The molecule has 178 valence electrons. The fraction of sp³-hybridized carbons (Fsp3) is 0.542. The molecule has 1 aromatic carbocycles. The number of nitrogens with zero attached hydrogens (tertiary/aromatic N) is 4. The summed E-state index contributed by atoms with van der Waals surface area (Å²) >= 11 is 0. The maximum Gasteiger partial charge on any atom is 0.336 e. The molecule has 3 heterocycles. The monoisotopic (exact) mass is 453 g/mol. The van der Waals surface area contributed by atoms with Crippen LogP contribution in [-0.4, -0.2) is 78.8 Å². The van der Waals surface area contributed by atoms with Crippen molar-refractivity contribution in [1.82, 2.24) is 35.8 Å². The van der Waals surface area contributed by atoms with Gasteiger partial charge in [0.25, 0.3) is 0 Å². The predicted octanol–water partition coefficient (Wildman–Crippen LogP) is 1.22. The number of hydrogen-bond acceptors (Lipinski definition) is 8. The van der Waals surface area contributed by atoms with Gasteiger partial charge in [-0.3, -0.25) is 4.68 Å². The first-order chi connectivity index (χ1) is 16.2. The lowest BCUT2D eigenvalue weighted by Crippen LogP contribution is -2.38. The largest absolute Gasteiger partial charge is 0.423 e. The predicted molar refractivity (Wildman–Crippen MR) is 131 cm³/mol. The fourth-order valence-electron chi connectivity index (χ4n) is 4.16. The summed E-state index contributed by atoms with van der Waals surface area (Å²) in [6.07, 6.45) is 4.25. The van der Waals surface area contributed by atoms with E-state index < -0.39 is 0 Å². The Balaban J connectivity index is 1.36. The van der Waals surface area contributed by atoms with Crippen molar-refractivity contribution in [2.75, 3.05) is 58.9 Å². The van der Waals surface area contributed by atoms with Crippen molar-refractivity contribution in [1.29, 1.82) is 0 Å². The molecule has 1 fully saturated rings. The van der Waals surface area contributed by atoms with Crippen LogP contribution in [0.4, 0.5) is 0 Å². The minimum absolute atomic E-state index is 0.334. The number of aryl methyl sites for hydroxylation is 1. The van der Waals surface area contributed by atoms with Gasteiger partial charge in [-0.1, -0.05) is 17.3 Å². The van der Waals surface area contributed by atoms with Crippen molar-refractivity contribution in [3.63, 3.8) is 0 Å². The van der Waals surface area contributed by atoms with E-state index in [2.05, 4.69) is 31.2 Å². The highest BCUT2D eigenvalue weighted by Crippen LogP contribution is 2.23. The zero-order valence-electron chi connectivity index (χ0n) is 19.5. The quantitative estimate of drug-likeness (QED) is 0.507. The zero-order chi connectivity index (χ0) is 22.9. The third kappa shape index (κ3) is 6.94. The lowest BCUT2D eigenvalue weighted by atomic mass is 10.1. The topological polar surface area (TPSA) is 100 Å². The molecular weight excluding hydrogens is 418 g/mol. The highest BCUT2D eigenvalue weighted by molar-refractivity contribution is 5.84. The van der Waals surface area contributed by atoms with Crippen LogP contribution in [-0.2, 0) is 6.54 Å². The molecule has 3 aromatic rings. The molecule has 9 nitrogen and oxygen atoms in total. The van der Waals surface area contributed by atoms with Gasteiger partial charge in [-0.05, 0) is 57.6 Å². The summed E-state index contributed by atoms with van der Waals surface area (Å²) in [7, 11) is 0. The Bertz CT molecular complexity index is 1060. The lowest BCUT2D eigenvalue weighted by molar-refractivity contribution is 0.253. The summed E-state index contributed by atoms with van der Waals surface area (Å²) in [4.78, 5) is 14.2. The molecule has 2 aromatic heterocycles. The average molecular weight is 454 g/mol. The van der Waals surface area contributed by atoms with E-state index >= 15 is 0 Å². The standard InChI is InChI=1S/C24H35N7O2/c1-19-16-24(32)33-23-17-20(4-5-21(19)23)22-18-31(29-28-22)15-14-30-12-3-8-26-10-9-25-6-2-7-27-11-13-30/h4-5,16-18,25-27H,2-3,6-15H2,1H3. The first kappa shape index (κ1) is 23.6. The number of nitrogens with one attached hydrogen (secondary N) is 3. The van der Waals surface area contributed by atoms with Crippen LogP contribution in [0.2, 0.25) is 0 Å². The van der Waals surface area contributed by atoms with Crippen LogP contribution < -0.4 is 21.6 Å². The van der Waals surface area contributed by atoms with Gasteiger partial charge >= 0.3 is 5.63 Å². The average Bonchev–Trinajstić information content (AvgIpc) is 3.28. The second kappa shape index (κ2) is 12.0. The third-order valence-corrected chi connectivity index (χ3v) is 6.05. The summed E-state index contributed by atoms with van der Waals surface area (Å²) < 4.78 is 7.28. The van der Waals surface area contributed by atoms with Crippen molar-refractivity contribution in [2.45, 2.75) is 26.3 Å². The molecule has 0 atom stereocenters. The zero-order valence-corrected chi connectivity index (χ0v) is 19.5. The molecule has 0 aliphatic carbocycles. The van der Waals surface area contributed by atoms with Gasteiger partial charge in [0.2, 0.25) is 0 Å². The van der Waals surface area contributed by atoms with E-state index in [4.69, 9.17) is 4.42 Å². The Kier molecular flexibility index (Phi) is 8.59. The molecular formula is C24H35N7O2. The van der Waals surface area contributed by atoms with Gasteiger partial charge in [0.05, 0.1) is 12.7 Å². The Morgan fingerprint density at radius 1 is 0.939 bits per heavy atom. The van der Waals surface area contributed by atoms with E-state index in [-0.39, 0.29) is 5.63 Å². The molecule has 1 aliphatic rings. The van der Waals surface area contributed by atoms with Crippen LogP contribution >= 0.6 is 0 Å². The van der Waals surface area contributed by atoms with Gasteiger partial charge in [0.15, 0.2) is 0 Å². The number of hydrogen-bond donors (Lipinski definition) is 3. The van der Waals surface area contributed by atoms with E-state index in [1.807, 2.05) is 36.0 Å². The highest BCUT2D eigenvalue weighted by Gasteiger charge is 2.10. The van der Waals surface area contributed by atoms with Crippen molar-refractivity contribution >= 4 is 11.0 Å². The Morgan fingerprint density at radius 2 is 1.73 bits per heavy atom. The van der Waals surface area contributed by atoms with Crippen molar-refractivity contribution in [2.24, 2.45) is 0 Å². The number of benzene rings is 1. The first-order valence-electron chi connectivity index (χ1n) is 12.0. The number of aromatic nitrogens is 3. The first-order valence-corrected chi connectivity index (χ1v) is 12.0. The van der Waals surface area contributed by atoms with Crippen LogP contribution in [0.5, 0.6) is 0 Å². The van der Waals surface area contributed by atoms with Crippen LogP contribution in [0.1, 0.15) is 18.4 Å².